The number of furan rings is 1. The van der Waals surface area contributed by atoms with Crippen molar-refractivity contribution in [2.45, 2.75) is 0 Å². The average molecular weight is 288 g/mol. The number of rotatable bonds is 5. The van der Waals surface area contributed by atoms with Crippen LogP contribution in [0.1, 0.15) is 10.4 Å². The van der Waals surface area contributed by atoms with Gasteiger partial charge in [0.2, 0.25) is 0 Å². The fourth-order valence-electron chi connectivity index (χ4n) is 1.51. The highest BCUT2D eigenvalue weighted by Gasteiger charge is 2.08. The first-order chi connectivity index (χ1) is 10.1. The van der Waals surface area contributed by atoms with Gasteiger partial charge >= 0.3 is 0 Å². The molecule has 21 heavy (non-hydrogen) atoms. The lowest BCUT2D eigenvalue weighted by Gasteiger charge is -2.11. The number of hydrogen-bond donors (Lipinski definition) is 1. The van der Waals surface area contributed by atoms with Crippen molar-refractivity contribution in [1.29, 1.82) is 0 Å². The molecular formula is C15H16N2O4. The molecule has 1 aromatic heterocycles. The Balaban J connectivity index is 1.90. The van der Waals surface area contributed by atoms with E-state index in [1.165, 1.54) is 17.4 Å². The van der Waals surface area contributed by atoms with Gasteiger partial charge in [0.05, 0.1) is 11.8 Å². The Kier molecular flexibility index (Phi) is 4.61. The van der Waals surface area contributed by atoms with Crippen molar-refractivity contribution in [3.8, 4) is 5.75 Å². The predicted octanol–water partition coefficient (Wildman–Crippen LogP) is 2.00. The second-order valence-electron chi connectivity index (χ2n) is 4.57. The van der Waals surface area contributed by atoms with Gasteiger partial charge in [-0.15, -0.1) is 0 Å². The molecule has 0 fully saturated rings. The minimum Gasteiger partial charge on any atom is -0.484 e. The number of likely N-dealkylation sites (N-methyl/N-ethyl adjacent to an activating group) is 1. The summed E-state index contributed by atoms with van der Waals surface area (Å²) in [6, 6.07) is 8.36. The maximum atomic E-state index is 11.8. The summed E-state index contributed by atoms with van der Waals surface area (Å²) < 4.78 is 10.2. The first kappa shape index (κ1) is 14.6. The number of ether oxygens (including phenoxy) is 1. The van der Waals surface area contributed by atoms with E-state index in [0.717, 1.165) is 0 Å². The maximum Gasteiger partial charge on any atom is 0.259 e. The Morgan fingerprint density at radius 1 is 1.19 bits per heavy atom. The Bertz CT molecular complexity index is 603. The Labute approximate surface area is 122 Å². The van der Waals surface area contributed by atoms with E-state index in [-0.39, 0.29) is 18.4 Å². The first-order valence-electron chi connectivity index (χ1n) is 6.33. The molecule has 0 aliphatic carbocycles. The van der Waals surface area contributed by atoms with Crippen molar-refractivity contribution in [3.05, 3.63) is 48.4 Å². The molecule has 2 amide bonds. The van der Waals surface area contributed by atoms with Gasteiger partial charge < -0.3 is 19.4 Å². The number of carbonyl (C=O) groups excluding carboxylic acids is 2. The fourth-order valence-corrected chi connectivity index (χ4v) is 1.51. The van der Waals surface area contributed by atoms with E-state index in [1.807, 2.05) is 0 Å². The third-order valence-corrected chi connectivity index (χ3v) is 2.76. The van der Waals surface area contributed by atoms with Crippen LogP contribution in [0.25, 0.3) is 0 Å². The highest BCUT2D eigenvalue weighted by Crippen LogP contribution is 2.16. The van der Waals surface area contributed by atoms with Crippen LogP contribution in [-0.4, -0.2) is 37.4 Å². The van der Waals surface area contributed by atoms with Crippen molar-refractivity contribution < 1.29 is 18.7 Å². The third kappa shape index (κ3) is 4.10. The molecule has 0 unspecified atom stereocenters. The molecule has 0 aliphatic rings. The van der Waals surface area contributed by atoms with Gasteiger partial charge in [-0.25, -0.2) is 0 Å². The summed E-state index contributed by atoms with van der Waals surface area (Å²) in [6.07, 6.45) is 2.81. The molecule has 0 radical (unpaired) electrons. The Morgan fingerprint density at radius 3 is 2.48 bits per heavy atom. The van der Waals surface area contributed by atoms with Crippen molar-refractivity contribution in [2.24, 2.45) is 0 Å². The lowest BCUT2D eigenvalue weighted by Crippen LogP contribution is -2.27. The molecule has 6 nitrogen and oxygen atoms in total. The molecule has 0 atom stereocenters. The van der Waals surface area contributed by atoms with Crippen LogP contribution in [0.4, 0.5) is 5.69 Å². The molecule has 1 aromatic carbocycles. The van der Waals surface area contributed by atoms with Crippen LogP contribution in [0.15, 0.2) is 47.3 Å². The quantitative estimate of drug-likeness (QED) is 0.913. The minimum atomic E-state index is -0.250. The van der Waals surface area contributed by atoms with E-state index in [4.69, 9.17) is 9.15 Å². The van der Waals surface area contributed by atoms with Gasteiger partial charge in [-0.05, 0) is 30.3 Å². The normalized spacial score (nSPS) is 10.0. The lowest BCUT2D eigenvalue weighted by molar-refractivity contribution is -0.130. The topological polar surface area (TPSA) is 71.8 Å². The Hall–Kier alpha value is -2.76. The summed E-state index contributed by atoms with van der Waals surface area (Å²) in [5.41, 5.74) is 1.08. The predicted molar refractivity (Wildman–Crippen MR) is 77.3 cm³/mol. The van der Waals surface area contributed by atoms with E-state index >= 15 is 0 Å². The SMILES string of the molecule is CN(C)C(=O)COc1ccc(NC(=O)c2ccoc2)cc1. The van der Waals surface area contributed by atoms with Gasteiger partial charge in [0.1, 0.15) is 12.0 Å². The Morgan fingerprint density at radius 2 is 1.90 bits per heavy atom. The molecule has 6 heteroatoms. The zero-order chi connectivity index (χ0) is 15.2. The van der Waals surface area contributed by atoms with Crippen LogP contribution in [-0.2, 0) is 4.79 Å². The van der Waals surface area contributed by atoms with E-state index < -0.39 is 0 Å². The molecule has 2 rings (SSSR count). The summed E-state index contributed by atoms with van der Waals surface area (Å²) in [5.74, 6) is 0.194. The van der Waals surface area contributed by atoms with Crippen LogP contribution in [0.5, 0.6) is 5.75 Å². The molecule has 1 heterocycles. The van der Waals surface area contributed by atoms with Crippen molar-refractivity contribution in [1.82, 2.24) is 4.90 Å². The summed E-state index contributed by atoms with van der Waals surface area (Å²) >= 11 is 0. The highest BCUT2D eigenvalue weighted by atomic mass is 16.5. The lowest BCUT2D eigenvalue weighted by atomic mass is 10.2. The van der Waals surface area contributed by atoms with Crippen molar-refractivity contribution >= 4 is 17.5 Å². The number of nitrogens with zero attached hydrogens (tertiary/aromatic N) is 1. The molecule has 0 aliphatic heterocycles. The van der Waals surface area contributed by atoms with Crippen LogP contribution >= 0.6 is 0 Å². The third-order valence-electron chi connectivity index (χ3n) is 2.76. The zero-order valence-electron chi connectivity index (χ0n) is 11.8. The first-order valence-corrected chi connectivity index (χ1v) is 6.33. The van der Waals surface area contributed by atoms with Gasteiger partial charge in [-0.2, -0.15) is 0 Å². The number of carbonyl (C=O) groups is 2. The summed E-state index contributed by atoms with van der Waals surface area (Å²) in [7, 11) is 3.33. The van der Waals surface area contributed by atoms with Gasteiger partial charge in [-0.3, -0.25) is 9.59 Å². The number of amides is 2. The van der Waals surface area contributed by atoms with Crippen LogP contribution in [0.2, 0.25) is 0 Å². The second-order valence-corrected chi connectivity index (χ2v) is 4.57. The standard InChI is InChI=1S/C15H16N2O4/c1-17(2)14(18)10-21-13-5-3-12(4-6-13)16-15(19)11-7-8-20-9-11/h3-9H,10H2,1-2H3,(H,16,19). The number of anilines is 1. The second kappa shape index (κ2) is 6.60. The summed E-state index contributed by atoms with van der Waals surface area (Å²) in [4.78, 5) is 24.7. The van der Waals surface area contributed by atoms with E-state index in [0.29, 0.717) is 17.0 Å². The van der Waals surface area contributed by atoms with E-state index in [2.05, 4.69) is 5.32 Å². The summed E-state index contributed by atoms with van der Waals surface area (Å²) in [6.45, 7) is -0.0201. The molecule has 0 saturated carbocycles. The number of benzene rings is 1. The number of nitrogens with one attached hydrogen (secondary N) is 1. The molecule has 0 saturated heterocycles. The van der Waals surface area contributed by atoms with Crippen molar-refractivity contribution in [2.75, 3.05) is 26.0 Å². The highest BCUT2D eigenvalue weighted by molar-refractivity contribution is 6.03. The molecule has 1 N–H and O–H groups in total. The maximum absolute atomic E-state index is 11.8. The van der Waals surface area contributed by atoms with Gasteiger partial charge in [0.15, 0.2) is 6.61 Å². The average Bonchev–Trinajstić information content (AvgIpc) is 3.00. The van der Waals surface area contributed by atoms with Gasteiger partial charge in [-0.1, -0.05) is 0 Å². The number of hydrogen-bond acceptors (Lipinski definition) is 4. The molecule has 0 spiro atoms. The smallest absolute Gasteiger partial charge is 0.259 e. The van der Waals surface area contributed by atoms with Crippen molar-refractivity contribution in [3.63, 3.8) is 0 Å². The molecule has 110 valence electrons. The minimum absolute atomic E-state index is 0.0201. The monoisotopic (exact) mass is 288 g/mol. The molecule has 2 aromatic rings. The molecular weight excluding hydrogens is 272 g/mol. The largest absolute Gasteiger partial charge is 0.484 e. The van der Waals surface area contributed by atoms with Crippen LogP contribution < -0.4 is 10.1 Å². The van der Waals surface area contributed by atoms with E-state index in [1.54, 1.807) is 44.4 Å². The zero-order valence-corrected chi connectivity index (χ0v) is 11.8. The van der Waals surface area contributed by atoms with Gasteiger partial charge in [0, 0.05) is 19.8 Å². The van der Waals surface area contributed by atoms with Gasteiger partial charge in [0.25, 0.3) is 11.8 Å². The van der Waals surface area contributed by atoms with Crippen LogP contribution in [0.3, 0.4) is 0 Å². The molecule has 0 bridgehead atoms. The van der Waals surface area contributed by atoms with E-state index in [9.17, 15) is 9.59 Å². The fraction of sp³-hybridized carbons (Fsp3) is 0.200. The van der Waals surface area contributed by atoms with Crippen LogP contribution in [0, 0.1) is 0 Å². The summed E-state index contributed by atoms with van der Waals surface area (Å²) in [5, 5.41) is 2.72.